The SMILES string of the molecule is COC(C)(C)CNS(=O)(=O)c1ccnc(NN)c1. The maximum atomic E-state index is 12.0. The van der Waals surface area contributed by atoms with Gasteiger partial charge in [0.05, 0.1) is 10.5 Å². The van der Waals surface area contributed by atoms with E-state index in [1.807, 2.05) is 0 Å². The van der Waals surface area contributed by atoms with Gasteiger partial charge in [0.15, 0.2) is 0 Å². The van der Waals surface area contributed by atoms with Gasteiger partial charge in [0.25, 0.3) is 0 Å². The molecule has 1 aromatic rings. The highest BCUT2D eigenvalue weighted by molar-refractivity contribution is 7.89. The molecule has 0 amide bonds. The number of hydrazine groups is 1. The van der Waals surface area contributed by atoms with E-state index in [1.54, 1.807) is 13.8 Å². The monoisotopic (exact) mass is 274 g/mol. The molecule has 8 heteroatoms. The molecule has 18 heavy (non-hydrogen) atoms. The molecule has 102 valence electrons. The number of methoxy groups -OCH3 is 1. The minimum absolute atomic E-state index is 0.0948. The zero-order valence-corrected chi connectivity index (χ0v) is 11.4. The Hall–Kier alpha value is -1.22. The van der Waals surface area contributed by atoms with Gasteiger partial charge < -0.3 is 10.2 Å². The maximum absolute atomic E-state index is 12.0. The number of ether oxygens (including phenoxy) is 1. The van der Waals surface area contributed by atoms with Crippen LogP contribution in [0.4, 0.5) is 5.82 Å². The van der Waals surface area contributed by atoms with Gasteiger partial charge in [-0.25, -0.2) is 24.0 Å². The number of nitrogens with one attached hydrogen (secondary N) is 2. The van der Waals surface area contributed by atoms with E-state index >= 15 is 0 Å². The molecule has 1 aromatic heterocycles. The summed E-state index contributed by atoms with van der Waals surface area (Å²) in [7, 11) is -2.08. The molecule has 0 aliphatic heterocycles. The van der Waals surface area contributed by atoms with Crippen molar-refractivity contribution >= 4 is 15.8 Å². The third-order valence-corrected chi connectivity index (χ3v) is 3.83. The number of rotatable bonds is 6. The van der Waals surface area contributed by atoms with Crippen LogP contribution >= 0.6 is 0 Å². The Bertz CT molecular complexity index is 502. The van der Waals surface area contributed by atoms with Crippen molar-refractivity contribution in [2.45, 2.75) is 24.3 Å². The molecular formula is C10H18N4O3S. The third-order valence-electron chi connectivity index (χ3n) is 2.43. The quantitative estimate of drug-likeness (QED) is 0.500. The Balaban J connectivity index is 2.86. The number of anilines is 1. The van der Waals surface area contributed by atoms with Crippen molar-refractivity contribution in [2.75, 3.05) is 19.1 Å². The van der Waals surface area contributed by atoms with E-state index in [1.165, 1.54) is 25.4 Å². The van der Waals surface area contributed by atoms with Gasteiger partial charge in [-0.15, -0.1) is 0 Å². The van der Waals surface area contributed by atoms with Crippen LogP contribution < -0.4 is 16.0 Å². The van der Waals surface area contributed by atoms with Gasteiger partial charge in [0, 0.05) is 25.9 Å². The average Bonchev–Trinajstić information content (AvgIpc) is 2.37. The summed E-state index contributed by atoms with van der Waals surface area (Å²) in [4.78, 5) is 3.94. The molecule has 0 bridgehead atoms. The minimum atomic E-state index is -3.60. The van der Waals surface area contributed by atoms with Crippen LogP contribution in [0.25, 0.3) is 0 Å². The van der Waals surface area contributed by atoms with Crippen LogP contribution in [0.2, 0.25) is 0 Å². The summed E-state index contributed by atoms with van der Waals surface area (Å²) in [5, 5.41) is 0. The summed E-state index contributed by atoms with van der Waals surface area (Å²) in [6.45, 7) is 3.74. The summed E-state index contributed by atoms with van der Waals surface area (Å²) >= 11 is 0. The summed E-state index contributed by atoms with van der Waals surface area (Å²) in [6, 6.07) is 2.74. The highest BCUT2D eigenvalue weighted by Crippen LogP contribution is 2.13. The van der Waals surface area contributed by atoms with E-state index in [2.05, 4.69) is 15.1 Å². The fourth-order valence-corrected chi connectivity index (χ4v) is 2.29. The average molecular weight is 274 g/mol. The van der Waals surface area contributed by atoms with Crippen LogP contribution in [0.5, 0.6) is 0 Å². The van der Waals surface area contributed by atoms with Crippen molar-refractivity contribution < 1.29 is 13.2 Å². The molecular weight excluding hydrogens is 256 g/mol. The highest BCUT2D eigenvalue weighted by Gasteiger charge is 2.21. The second kappa shape index (κ2) is 5.61. The molecule has 0 unspecified atom stereocenters. The lowest BCUT2D eigenvalue weighted by Gasteiger charge is -2.23. The third kappa shape index (κ3) is 3.91. The largest absolute Gasteiger partial charge is 0.377 e. The maximum Gasteiger partial charge on any atom is 0.240 e. The predicted octanol–water partition coefficient (Wildman–Crippen LogP) is 0.0705. The second-order valence-electron chi connectivity index (χ2n) is 4.31. The normalized spacial score (nSPS) is 12.4. The van der Waals surface area contributed by atoms with Crippen LogP contribution in [0.15, 0.2) is 23.2 Å². The highest BCUT2D eigenvalue weighted by atomic mass is 32.2. The van der Waals surface area contributed by atoms with E-state index in [0.29, 0.717) is 0 Å². The van der Waals surface area contributed by atoms with Crippen LogP contribution in [-0.4, -0.2) is 32.7 Å². The lowest BCUT2D eigenvalue weighted by atomic mass is 10.1. The van der Waals surface area contributed by atoms with Crippen molar-refractivity contribution in [3.05, 3.63) is 18.3 Å². The van der Waals surface area contributed by atoms with E-state index in [9.17, 15) is 8.42 Å². The Kier molecular flexibility index (Phi) is 4.63. The summed E-state index contributed by atoms with van der Waals surface area (Å²) in [5.41, 5.74) is 1.72. The minimum Gasteiger partial charge on any atom is -0.377 e. The van der Waals surface area contributed by atoms with Crippen LogP contribution in [0.1, 0.15) is 13.8 Å². The number of pyridine rings is 1. The lowest BCUT2D eigenvalue weighted by molar-refractivity contribution is 0.0276. The molecule has 0 aliphatic rings. The Morgan fingerprint density at radius 2 is 2.17 bits per heavy atom. The first-order valence-corrected chi connectivity index (χ1v) is 6.76. The summed E-state index contributed by atoms with van der Waals surface area (Å²) < 4.78 is 31.6. The molecule has 0 atom stereocenters. The molecule has 7 nitrogen and oxygen atoms in total. The Morgan fingerprint density at radius 1 is 1.50 bits per heavy atom. The molecule has 0 saturated carbocycles. The van der Waals surface area contributed by atoms with Gasteiger partial charge in [-0.2, -0.15) is 0 Å². The van der Waals surface area contributed by atoms with E-state index < -0.39 is 15.6 Å². The number of hydrogen-bond donors (Lipinski definition) is 3. The standard InChI is InChI=1S/C10H18N4O3S/c1-10(2,17-3)7-13-18(15,16)8-4-5-12-9(6-8)14-11/h4-6,13H,7,11H2,1-3H3,(H,12,14). The number of aromatic nitrogens is 1. The summed E-state index contributed by atoms with van der Waals surface area (Å²) in [6.07, 6.45) is 1.37. The molecule has 4 N–H and O–H groups in total. The van der Waals surface area contributed by atoms with Gasteiger partial charge in [-0.3, -0.25) is 0 Å². The molecule has 1 heterocycles. The Morgan fingerprint density at radius 3 is 2.72 bits per heavy atom. The molecule has 0 aromatic carbocycles. The molecule has 1 rings (SSSR count). The zero-order valence-electron chi connectivity index (χ0n) is 10.6. The van der Waals surface area contributed by atoms with Gasteiger partial charge in [0.2, 0.25) is 10.0 Å². The van der Waals surface area contributed by atoms with Crippen molar-refractivity contribution in [1.29, 1.82) is 0 Å². The first-order chi connectivity index (χ1) is 8.30. The number of nitrogen functional groups attached to an aromatic ring is 1. The Labute approximate surface area is 107 Å². The van der Waals surface area contributed by atoms with Gasteiger partial charge >= 0.3 is 0 Å². The molecule has 0 aliphatic carbocycles. The number of hydrogen-bond acceptors (Lipinski definition) is 6. The van der Waals surface area contributed by atoms with Gasteiger partial charge in [-0.1, -0.05) is 0 Å². The second-order valence-corrected chi connectivity index (χ2v) is 6.08. The van der Waals surface area contributed by atoms with Crippen molar-refractivity contribution in [3.63, 3.8) is 0 Å². The molecule has 0 spiro atoms. The smallest absolute Gasteiger partial charge is 0.240 e. The van der Waals surface area contributed by atoms with Crippen molar-refractivity contribution in [1.82, 2.24) is 9.71 Å². The molecule has 0 fully saturated rings. The van der Waals surface area contributed by atoms with Crippen molar-refractivity contribution in [3.8, 4) is 0 Å². The fourth-order valence-electron chi connectivity index (χ4n) is 1.08. The zero-order chi connectivity index (χ0) is 13.8. The fraction of sp³-hybridized carbons (Fsp3) is 0.500. The van der Waals surface area contributed by atoms with Crippen molar-refractivity contribution in [2.24, 2.45) is 5.84 Å². The van der Waals surface area contributed by atoms with Crippen LogP contribution in [0, 0.1) is 0 Å². The first kappa shape index (κ1) is 14.8. The number of nitrogens with zero attached hydrogens (tertiary/aromatic N) is 1. The number of sulfonamides is 1. The predicted molar refractivity (Wildman–Crippen MR) is 68.3 cm³/mol. The lowest BCUT2D eigenvalue weighted by Crippen LogP contribution is -2.39. The van der Waals surface area contributed by atoms with E-state index in [4.69, 9.17) is 10.6 Å². The number of nitrogens with two attached hydrogens (primary N) is 1. The van der Waals surface area contributed by atoms with Crippen LogP contribution in [-0.2, 0) is 14.8 Å². The molecule has 0 radical (unpaired) electrons. The van der Waals surface area contributed by atoms with Crippen LogP contribution in [0.3, 0.4) is 0 Å². The van der Waals surface area contributed by atoms with E-state index in [0.717, 1.165) is 0 Å². The molecule has 0 saturated heterocycles. The van der Waals surface area contributed by atoms with Gasteiger partial charge in [-0.05, 0) is 19.9 Å². The van der Waals surface area contributed by atoms with E-state index in [-0.39, 0.29) is 17.3 Å². The topological polar surface area (TPSA) is 106 Å². The first-order valence-electron chi connectivity index (χ1n) is 5.28. The van der Waals surface area contributed by atoms with Gasteiger partial charge in [0.1, 0.15) is 5.82 Å². The summed E-state index contributed by atoms with van der Waals surface area (Å²) in [5.74, 6) is 5.46.